The van der Waals surface area contributed by atoms with Gasteiger partial charge in [0.1, 0.15) is 0 Å². The molecule has 0 spiro atoms. The van der Waals surface area contributed by atoms with E-state index in [1.807, 2.05) is 0 Å². The molecule has 1 N–H and O–H groups in total. The van der Waals surface area contributed by atoms with Crippen LogP contribution in [0.25, 0.3) is 5.69 Å². The molecule has 10 heteroatoms. The standard InChI is InChI=1S/C18H15Cl2N5O3/c1-10(12-6-7-15(19)16(20)8-12)21-18(26)17-11(2)24(23-22-17)13-4-3-5-14(9-13)25(27)28/h3-10H,1-2H3,(H,21,26). The summed E-state index contributed by atoms with van der Waals surface area (Å²) in [5, 5.41) is 22.5. The molecule has 28 heavy (non-hydrogen) atoms. The van der Waals surface area contributed by atoms with Crippen LogP contribution in [-0.4, -0.2) is 25.8 Å². The molecule has 0 saturated carbocycles. The van der Waals surface area contributed by atoms with Crippen LogP contribution in [0, 0.1) is 17.0 Å². The number of halogens is 2. The summed E-state index contributed by atoms with van der Waals surface area (Å²) in [4.78, 5) is 23.1. The lowest BCUT2D eigenvalue weighted by atomic mass is 10.1. The van der Waals surface area contributed by atoms with Gasteiger partial charge in [0.15, 0.2) is 5.69 Å². The number of aromatic nitrogens is 3. The summed E-state index contributed by atoms with van der Waals surface area (Å²) in [5.41, 5.74) is 1.73. The molecule has 0 fully saturated rings. The second-order valence-electron chi connectivity index (χ2n) is 6.08. The Balaban J connectivity index is 1.83. The maximum atomic E-state index is 12.6. The molecule has 3 aromatic rings. The summed E-state index contributed by atoms with van der Waals surface area (Å²) in [6.07, 6.45) is 0. The molecule has 0 bridgehead atoms. The largest absolute Gasteiger partial charge is 0.344 e. The van der Waals surface area contributed by atoms with Gasteiger partial charge in [0.25, 0.3) is 11.6 Å². The van der Waals surface area contributed by atoms with Gasteiger partial charge >= 0.3 is 0 Å². The number of nitrogens with zero attached hydrogens (tertiary/aromatic N) is 4. The highest BCUT2D eigenvalue weighted by Gasteiger charge is 2.20. The fourth-order valence-corrected chi connectivity index (χ4v) is 2.96. The molecule has 1 amide bonds. The summed E-state index contributed by atoms with van der Waals surface area (Å²) in [6, 6.07) is 10.7. The third-order valence-corrected chi connectivity index (χ3v) is 4.93. The van der Waals surface area contributed by atoms with E-state index in [1.165, 1.54) is 16.8 Å². The Hall–Kier alpha value is -2.97. The third-order valence-electron chi connectivity index (χ3n) is 4.19. The number of carbonyl (C=O) groups excluding carboxylic acids is 1. The van der Waals surface area contributed by atoms with E-state index in [1.54, 1.807) is 44.2 Å². The first-order valence-electron chi connectivity index (χ1n) is 8.21. The Kier molecular flexibility index (Phi) is 5.62. The SMILES string of the molecule is Cc1c(C(=O)NC(C)c2ccc(Cl)c(Cl)c2)nnn1-c1cccc([N+](=O)[O-])c1. The van der Waals surface area contributed by atoms with E-state index in [0.29, 0.717) is 21.4 Å². The summed E-state index contributed by atoms with van der Waals surface area (Å²) < 4.78 is 1.38. The Labute approximate surface area is 170 Å². The van der Waals surface area contributed by atoms with Gasteiger partial charge in [0.2, 0.25) is 0 Å². The van der Waals surface area contributed by atoms with Gasteiger partial charge in [-0.3, -0.25) is 14.9 Å². The van der Waals surface area contributed by atoms with Gasteiger partial charge in [-0.1, -0.05) is 40.5 Å². The molecule has 1 atom stereocenters. The third kappa shape index (κ3) is 3.97. The van der Waals surface area contributed by atoms with Crippen LogP contribution < -0.4 is 5.32 Å². The molecule has 3 rings (SSSR count). The van der Waals surface area contributed by atoms with E-state index in [4.69, 9.17) is 23.2 Å². The average molecular weight is 420 g/mol. The van der Waals surface area contributed by atoms with Crippen molar-refractivity contribution in [2.75, 3.05) is 0 Å². The number of nitrogens with one attached hydrogen (secondary N) is 1. The van der Waals surface area contributed by atoms with Crippen LogP contribution in [-0.2, 0) is 0 Å². The lowest BCUT2D eigenvalue weighted by Gasteiger charge is -2.14. The number of carbonyl (C=O) groups is 1. The molecule has 0 saturated heterocycles. The lowest BCUT2D eigenvalue weighted by molar-refractivity contribution is -0.384. The molecule has 8 nitrogen and oxygen atoms in total. The van der Waals surface area contributed by atoms with Gasteiger partial charge in [0.05, 0.1) is 32.4 Å². The van der Waals surface area contributed by atoms with Crippen molar-refractivity contribution in [3.63, 3.8) is 0 Å². The summed E-state index contributed by atoms with van der Waals surface area (Å²) in [7, 11) is 0. The Bertz CT molecular complexity index is 1070. The maximum Gasteiger partial charge on any atom is 0.274 e. The second kappa shape index (κ2) is 7.95. The van der Waals surface area contributed by atoms with Crippen molar-refractivity contribution in [3.8, 4) is 5.69 Å². The first-order chi connectivity index (χ1) is 13.3. The highest BCUT2D eigenvalue weighted by Crippen LogP contribution is 2.26. The van der Waals surface area contributed by atoms with Crippen LogP contribution in [0.1, 0.15) is 34.7 Å². The van der Waals surface area contributed by atoms with Crippen molar-refractivity contribution in [2.45, 2.75) is 19.9 Å². The number of nitro benzene ring substituents is 1. The first kappa shape index (κ1) is 19.8. The topological polar surface area (TPSA) is 103 Å². The van der Waals surface area contributed by atoms with Crippen molar-refractivity contribution < 1.29 is 9.72 Å². The molecule has 1 heterocycles. The van der Waals surface area contributed by atoms with Crippen molar-refractivity contribution in [3.05, 3.63) is 79.6 Å². The Morgan fingerprint density at radius 1 is 1.21 bits per heavy atom. The van der Waals surface area contributed by atoms with Crippen LogP contribution in [0.3, 0.4) is 0 Å². The van der Waals surface area contributed by atoms with Gasteiger partial charge in [-0.25, -0.2) is 4.68 Å². The van der Waals surface area contributed by atoms with E-state index in [-0.39, 0.29) is 17.4 Å². The van der Waals surface area contributed by atoms with E-state index >= 15 is 0 Å². The quantitative estimate of drug-likeness (QED) is 0.490. The van der Waals surface area contributed by atoms with Crippen molar-refractivity contribution >= 4 is 34.8 Å². The minimum absolute atomic E-state index is 0.0772. The number of hydrogen-bond donors (Lipinski definition) is 1. The van der Waals surface area contributed by atoms with Gasteiger partial charge in [-0.15, -0.1) is 5.10 Å². The van der Waals surface area contributed by atoms with E-state index in [0.717, 1.165) is 5.56 Å². The zero-order valence-corrected chi connectivity index (χ0v) is 16.4. The van der Waals surface area contributed by atoms with E-state index in [2.05, 4.69) is 15.6 Å². The van der Waals surface area contributed by atoms with Crippen molar-refractivity contribution in [1.82, 2.24) is 20.3 Å². The van der Waals surface area contributed by atoms with Gasteiger partial charge in [-0.2, -0.15) is 0 Å². The maximum absolute atomic E-state index is 12.6. The number of amides is 1. The zero-order chi connectivity index (χ0) is 20.4. The predicted octanol–water partition coefficient (Wildman–Crippen LogP) is 4.28. The molecular formula is C18H15Cl2N5O3. The van der Waals surface area contributed by atoms with Crippen molar-refractivity contribution in [2.24, 2.45) is 0 Å². The molecule has 0 aliphatic heterocycles. The molecule has 144 valence electrons. The van der Waals surface area contributed by atoms with Crippen LogP contribution in [0.15, 0.2) is 42.5 Å². The summed E-state index contributed by atoms with van der Waals surface area (Å²) in [5.74, 6) is -0.423. The number of hydrogen-bond acceptors (Lipinski definition) is 5. The lowest BCUT2D eigenvalue weighted by Crippen LogP contribution is -2.27. The molecule has 0 aliphatic carbocycles. The van der Waals surface area contributed by atoms with Crippen LogP contribution in [0.4, 0.5) is 5.69 Å². The van der Waals surface area contributed by atoms with Gasteiger partial charge in [0, 0.05) is 12.1 Å². The Morgan fingerprint density at radius 3 is 2.64 bits per heavy atom. The van der Waals surface area contributed by atoms with Crippen LogP contribution in [0.5, 0.6) is 0 Å². The number of non-ortho nitro benzene ring substituents is 1. The number of benzene rings is 2. The fraction of sp³-hybridized carbons (Fsp3) is 0.167. The molecule has 0 aliphatic rings. The van der Waals surface area contributed by atoms with E-state index in [9.17, 15) is 14.9 Å². The first-order valence-corrected chi connectivity index (χ1v) is 8.96. The average Bonchev–Trinajstić information content (AvgIpc) is 3.05. The highest BCUT2D eigenvalue weighted by atomic mass is 35.5. The summed E-state index contributed by atoms with van der Waals surface area (Å²) in [6.45, 7) is 3.47. The zero-order valence-electron chi connectivity index (χ0n) is 14.9. The molecule has 1 aromatic heterocycles. The van der Waals surface area contributed by atoms with Crippen LogP contribution in [0.2, 0.25) is 10.0 Å². The van der Waals surface area contributed by atoms with Crippen molar-refractivity contribution in [1.29, 1.82) is 0 Å². The van der Waals surface area contributed by atoms with Gasteiger partial charge in [-0.05, 0) is 37.6 Å². The fourth-order valence-electron chi connectivity index (χ4n) is 2.65. The highest BCUT2D eigenvalue weighted by molar-refractivity contribution is 6.42. The number of nitro groups is 1. The van der Waals surface area contributed by atoms with Gasteiger partial charge < -0.3 is 5.32 Å². The smallest absolute Gasteiger partial charge is 0.274 e. The normalized spacial score (nSPS) is 11.9. The molecule has 2 aromatic carbocycles. The van der Waals surface area contributed by atoms with E-state index < -0.39 is 10.8 Å². The summed E-state index contributed by atoms with van der Waals surface area (Å²) >= 11 is 11.9. The predicted molar refractivity (Wildman–Crippen MR) is 105 cm³/mol. The number of rotatable bonds is 5. The second-order valence-corrected chi connectivity index (χ2v) is 6.90. The minimum Gasteiger partial charge on any atom is -0.344 e. The Morgan fingerprint density at radius 2 is 1.96 bits per heavy atom. The van der Waals surface area contributed by atoms with Crippen LogP contribution >= 0.6 is 23.2 Å². The molecule has 1 unspecified atom stereocenters. The monoisotopic (exact) mass is 419 g/mol. The minimum atomic E-state index is -0.498. The molecular weight excluding hydrogens is 405 g/mol. The molecule has 0 radical (unpaired) electrons.